The molecular formula is C17H19ClN2O. The van der Waals surface area contributed by atoms with Gasteiger partial charge in [-0.05, 0) is 31.2 Å². The average molecular weight is 303 g/mol. The zero-order chi connectivity index (χ0) is 14.9. The van der Waals surface area contributed by atoms with Crippen molar-refractivity contribution in [3.05, 3.63) is 41.2 Å². The Hall–Kier alpha value is -1.61. The summed E-state index contributed by atoms with van der Waals surface area (Å²) in [6, 6.07) is 9.51. The summed E-state index contributed by atoms with van der Waals surface area (Å²) < 4.78 is 0. The fraction of sp³-hybridized carbons (Fsp3) is 0.412. The van der Waals surface area contributed by atoms with Gasteiger partial charge in [0.2, 0.25) is 0 Å². The monoisotopic (exact) mass is 302 g/mol. The summed E-state index contributed by atoms with van der Waals surface area (Å²) in [6.07, 6.45) is 5.65. The van der Waals surface area contributed by atoms with Crippen LogP contribution in [0.25, 0.3) is 10.8 Å². The van der Waals surface area contributed by atoms with Crippen LogP contribution in [0.15, 0.2) is 30.3 Å². The van der Waals surface area contributed by atoms with Crippen LogP contribution in [0.3, 0.4) is 0 Å². The summed E-state index contributed by atoms with van der Waals surface area (Å²) in [5.74, 6) is -0.132. The van der Waals surface area contributed by atoms with Gasteiger partial charge in [0.15, 0.2) is 0 Å². The SMILES string of the molecule is CC1(NC(=O)c2cc3ccccc3c(Cl)n2)CCCCC1. The molecule has 0 saturated heterocycles. The zero-order valence-electron chi connectivity index (χ0n) is 12.2. The van der Waals surface area contributed by atoms with Gasteiger partial charge >= 0.3 is 0 Å². The molecule has 1 fully saturated rings. The number of amides is 1. The van der Waals surface area contributed by atoms with E-state index in [1.807, 2.05) is 30.3 Å². The van der Waals surface area contributed by atoms with Crippen LogP contribution in [-0.4, -0.2) is 16.4 Å². The summed E-state index contributed by atoms with van der Waals surface area (Å²) in [5, 5.41) is 5.34. The standard InChI is InChI=1S/C17H19ClN2O/c1-17(9-5-2-6-10-17)20-16(21)14-11-12-7-3-4-8-13(12)15(18)19-14/h3-4,7-8,11H,2,5-6,9-10H2,1H3,(H,20,21). The minimum absolute atomic E-state index is 0.116. The molecule has 1 heterocycles. The van der Waals surface area contributed by atoms with E-state index in [9.17, 15) is 4.79 Å². The molecule has 1 aromatic carbocycles. The number of fused-ring (bicyclic) bond motifs is 1. The van der Waals surface area contributed by atoms with Crippen LogP contribution in [-0.2, 0) is 0 Å². The predicted octanol–water partition coefficient (Wildman–Crippen LogP) is 4.34. The maximum absolute atomic E-state index is 12.5. The van der Waals surface area contributed by atoms with Crippen molar-refractivity contribution in [3.63, 3.8) is 0 Å². The van der Waals surface area contributed by atoms with E-state index < -0.39 is 0 Å². The normalized spacial score (nSPS) is 17.6. The molecule has 110 valence electrons. The van der Waals surface area contributed by atoms with Crippen molar-refractivity contribution in [2.45, 2.75) is 44.6 Å². The fourth-order valence-electron chi connectivity index (χ4n) is 3.07. The highest BCUT2D eigenvalue weighted by atomic mass is 35.5. The first-order valence-corrected chi connectivity index (χ1v) is 7.83. The Kier molecular flexibility index (Phi) is 3.85. The van der Waals surface area contributed by atoms with Crippen LogP contribution in [0.2, 0.25) is 5.15 Å². The van der Waals surface area contributed by atoms with Crippen LogP contribution in [0.4, 0.5) is 0 Å². The highest BCUT2D eigenvalue weighted by Crippen LogP contribution is 2.28. The Morgan fingerprint density at radius 1 is 1.24 bits per heavy atom. The third-order valence-corrected chi connectivity index (χ3v) is 4.59. The molecule has 21 heavy (non-hydrogen) atoms. The van der Waals surface area contributed by atoms with Gasteiger partial charge in [-0.15, -0.1) is 0 Å². The van der Waals surface area contributed by atoms with Gasteiger partial charge in [-0.1, -0.05) is 55.1 Å². The number of hydrogen-bond acceptors (Lipinski definition) is 2. The Morgan fingerprint density at radius 3 is 2.71 bits per heavy atom. The number of halogens is 1. The third-order valence-electron chi connectivity index (χ3n) is 4.30. The van der Waals surface area contributed by atoms with Gasteiger partial charge in [-0.25, -0.2) is 4.98 Å². The number of pyridine rings is 1. The lowest BCUT2D eigenvalue weighted by Gasteiger charge is -2.34. The van der Waals surface area contributed by atoms with E-state index in [4.69, 9.17) is 11.6 Å². The van der Waals surface area contributed by atoms with Gasteiger partial charge in [0.25, 0.3) is 5.91 Å². The predicted molar refractivity (Wildman–Crippen MR) is 85.7 cm³/mol. The number of carbonyl (C=O) groups is 1. The second-order valence-corrected chi connectivity index (χ2v) is 6.45. The lowest BCUT2D eigenvalue weighted by molar-refractivity contribution is 0.0877. The zero-order valence-corrected chi connectivity index (χ0v) is 12.9. The summed E-state index contributed by atoms with van der Waals surface area (Å²) in [5.41, 5.74) is 0.278. The van der Waals surface area contributed by atoms with Crippen LogP contribution < -0.4 is 5.32 Å². The van der Waals surface area contributed by atoms with Gasteiger partial charge < -0.3 is 5.32 Å². The molecule has 1 saturated carbocycles. The molecule has 3 rings (SSSR count). The number of benzene rings is 1. The van der Waals surface area contributed by atoms with E-state index >= 15 is 0 Å². The Labute approximate surface area is 129 Å². The second-order valence-electron chi connectivity index (χ2n) is 6.09. The molecule has 2 aromatic rings. The smallest absolute Gasteiger partial charge is 0.270 e. The van der Waals surface area contributed by atoms with E-state index in [0.717, 1.165) is 23.6 Å². The molecule has 1 aliphatic rings. The van der Waals surface area contributed by atoms with E-state index in [1.165, 1.54) is 19.3 Å². The molecule has 4 heteroatoms. The number of aromatic nitrogens is 1. The molecule has 0 aliphatic heterocycles. The van der Waals surface area contributed by atoms with Crippen molar-refractivity contribution in [2.75, 3.05) is 0 Å². The number of nitrogens with zero attached hydrogens (tertiary/aromatic N) is 1. The van der Waals surface area contributed by atoms with Crippen molar-refractivity contribution < 1.29 is 4.79 Å². The number of nitrogens with one attached hydrogen (secondary N) is 1. The van der Waals surface area contributed by atoms with Crippen LogP contribution in [0, 0.1) is 0 Å². The average Bonchev–Trinajstić information content (AvgIpc) is 2.47. The Balaban J connectivity index is 1.87. The number of rotatable bonds is 2. The van der Waals surface area contributed by atoms with Crippen LogP contribution >= 0.6 is 11.6 Å². The molecular weight excluding hydrogens is 284 g/mol. The maximum Gasteiger partial charge on any atom is 0.270 e. The summed E-state index contributed by atoms with van der Waals surface area (Å²) in [6.45, 7) is 2.12. The molecule has 3 nitrogen and oxygen atoms in total. The van der Waals surface area contributed by atoms with E-state index in [0.29, 0.717) is 10.8 Å². The topological polar surface area (TPSA) is 42.0 Å². The first kappa shape index (κ1) is 14.3. The lowest BCUT2D eigenvalue weighted by Crippen LogP contribution is -2.47. The van der Waals surface area contributed by atoms with Gasteiger partial charge in [-0.2, -0.15) is 0 Å². The van der Waals surface area contributed by atoms with Crippen molar-refractivity contribution >= 4 is 28.3 Å². The van der Waals surface area contributed by atoms with Crippen LogP contribution in [0.5, 0.6) is 0 Å². The second kappa shape index (κ2) is 5.64. The van der Waals surface area contributed by atoms with E-state index in [2.05, 4.69) is 17.2 Å². The highest BCUT2D eigenvalue weighted by Gasteiger charge is 2.29. The first-order chi connectivity index (χ1) is 10.1. The summed E-state index contributed by atoms with van der Waals surface area (Å²) >= 11 is 6.19. The lowest BCUT2D eigenvalue weighted by atomic mass is 9.83. The third kappa shape index (κ3) is 3.03. The molecule has 0 bridgehead atoms. The van der Waals surface area contributed by atoms with Gasteiger partial charge in [0.1, 0.15) is 10.8 Å². The number of carbonyl (C=O) groups excluding carboxylic acids is 1. The molecule has 1 amide bonds. The Bertz CT molecular complexity index is 678. The molecule has 0 atom stereocenters. The molecule has 1 aliphatic carbocycles. The minimum Gasteiger partial charge on any atom is -0.346 e. The minimum atomic E-state index is -0.132. The first-order valence-electron chi connectivity index (χ1n) is 7.45. The Morgan fingerprint density at radius 2 is 1.95 bits per heavy atom. The summed E-state index contributed by atoms with van der Waals surface area (Å²) in [7, 11) is 0. The van der Waals surface area contributed by atoms with Crippen molar-refractivity contribution in [1.82, 2.24) is 10.3 Å². The molecule has 1 N–H and O–H groups in total. The van der Waals surface area contributed by atoms with Gasteiger partial charge in [0, 0.05) is 10.9 Å². The van der Waals surface area contributed by atoms with Gasteiger partial charge in [0.05, 0.1) is 0 Å². The van der Waals surface area contributed by atoms with Crippen molar-refractivity contribution in [2.24, 2.45) is 0 Å². The van der Waals surface area contributed by atoms with Crippen LogP contribution in [0.1, 0.15) is 49.5 Å². The quantitative estimate of drug-likeness (QED) is 0.838. The maximum atomic E-state index is 12.5. The number of hydrogen-bond donors (Lipinski definition) is 1. The van der Waals surface area contributed by atoms with Crippen molar-refractivity contribution in [3.8, 4) is 0 Å². The molecule has 1 aromatic heterocycles. The molecule has 0 spiro atoms. The van der Waals surface area contributed by atoms with Crippen molar-refractivity contribution in [1.29, 1.82) is 0 Å². The molecule has 0 radical (unpaired) electrons. The largest absolute Gasteiger partial charge is 0.346 e. The molecule has 0 unspecified atom stereocenters. The van der Waals surface area contributed by atoms with E-state index in [-0.39, 0.29) is 11.4 Å². The fourth-order valence-corrected chi connectivity index (χ4v) is 3.33. The van der Waals surface area contributed by atoms with E-state index in [1.54, 1.807) is 0 Å². The summed E-state index contributed by atoms with van der Waals surface area (Å²) in [4.78, 5) is 16.7. The highest BCUT2D eigenvalue weighted by molar-refractivity contribution is 6.34. The van der Waals surface area contributed by atoms with Gasteiger partial charge in [-0.3, -0.25) is 4.79 Å².